The number of anilines is 3. The van der Waals surface area contributed by atoms with E-state index in [9.17, 15) is 0 Å². The van der Waals surface area contributed by atoms with Gasteiger partial charge < -0.3 is 9.32 Å². The number of oxazole rings is 1. The molecule has 0 aliphatic carbocycles. The lowest BCUT2D eigenvalue weighted by molar-refractivity contribution is 0.623. The van der Waals surface area contributed by atoms with Gasteiger partial charge in [-0.15, -0.1) is 0 Å². The van der Waals surface area contributed by atoms with Crippen molar-refractivity contribution in [3.05, 3.63) is 181 Å². The maximum absolute atomic E-state index is 6.55. The molecule has 0 bridgehead atoms. The van der Waals surface area contributed by atoms with Crippen molar-refractivity contribution in [2.45, 2.75) is 13.8 Å². The first kappa shape index (κ1) is 29.7. The number of fused-ring (bicyclic) bond motifs is 5. The molecule has 0 aliphatic heterocycles. The van der Waals surface area contributed by atoms with Crippen LogP contribution in [-0.2, 0) is 0 Å². The number of rotatable bonds is 6. The highest BCUT2D eigenvalue weighted by Gasteiger charge is 2.17. The van der Waals surface area contributed by atoms with Crippen molar-refractivity contribution in [1.82, 2.24) is 4.98 Å². The van der Waals surface area contributed by atoms with Crippen LogP contribution in [0.2, 0.25) is 0 Å². The van der Waals surface area contributed by atoms with E-state index in [1.807, 2.05) is 30.3 Å². The molecule has 8 aromatic carbocycles. The maximum Gasteiger partial charge on any atom is 0.227 e. The van der Waals surface area contributed by atoms with Gasteiger partial charge in [-0.2, -0.15) is 0 Å². The summed E-state index contributed by atoms with van der Waals surface area (Å²) in [6, 6.07) is 60.4. The quantitative estimate of drug-likeness (QED) is 0.169. The fourth-order valence-electron chi connectivity index (χ4n) is 7.18. The molecular formula is C47H34N2O. The molecule has 0 atom stereocenters. The second kappa shape index (κ2) is 12.2. The molecule has 3 heteroatoms. The molecule has 0 spiro atoms. The summed E-state index contributed by atoms with van der Waals surface area (Å²) in [6.45, 7) is 4.31. The van der Waals surface area contributed by atoms with E-state index < -0.39 is 0 Å². The van der Waals surface area contributed by atoms with Gasteiger partial charge >= 0.3 is 0 Å². The van der Waals surface area contributed by atoms with Crippen molar-refractivity contribution in [3.8, 4) is 33.7 Å². The Bertz CT molecular complexity index is 2620. The van der Waals surface area contributed by atoms with E-state index in [4.69, 9.17) is 9.40 Å². The molecule has 0 amide bonds. The van der Waals surface area contributed by atoms with Crippen LogP contribution in [0.1, 0.15) is 11.1 Å². The molecule has 0 unspecified atom stereocenters. The van der Waals surface area contributed by atoms with Crippen molar-refractivity contribution in [2.75, 3.05) is 4.90 Å². The summed E-state index contributed by atoms with van der Waals surface area (Å²) in [5.74, 6) is 0.630. The first-order chi connectivity index (χ1) is 24.6. The molecule has 0 fully saturated rings. The summed E-state index contributed by atoms with van der Waals surface area (Å²) in [7, 11) is 0. The largest absolute Gasteiger partial charge is 0.435 e. The summed E-state index contributed by atoms with van der Waals surface area (Å²) in [5.41, 5.74) is 13.2. The van der Waals surface area contributed by atoms with E-state index in [2.05, 4.69) is 158 Å². The fraction of sp³-hybridized carbons (Fsp3) is 0.0426. The number of aryl methyl sites for hydroxylation is 2. The number of nitrogens with zero attached hydrogens (tertiary/aromatic N) is 2. The van der Waals surface area contributed by atoms with Crippen LogP contribution in [0.4, 0.5) is 17.1 Å². The zero-order chi connectivity index (χ0) is 33.6. The van der Waals surface area contributed by atoms with E-state index in [0.717, 1.165) is 55.3 Å². The highest BCUT2D eigenvalue weighted by Crippen LogP contribution is 2.41. The standard InChI is InChI=1S/C47H34N2O/c1-31-27-32(2)29-39(28-31)35-17-23-41(24-18-35)49(40-21-15-34(16-22-40)33-9-5-3-6-10-33)42-25-19-36-13-14-37-20-26-44-46(45(37)43(36)30-42)50-47(48-44)38-11-7-4-8-12-38/h3-30H,1-2H3. The maximum atomic E-state index is 6.55. The van der Waals surface area contributed by atoms with Gasteiger partial charge in [0.15, 0.2) is 5.58 Å². The minimum absolute atomic E-state index is 0.630. The second-order valence-electron chi connectivity index (χ2n) is 13.0. The van der Waals surface area contributed by atoms with Gasteiger partial charge in [-0.25, -0.2) is 4.98 Å². The summed E-state index contributed by atoms with van der Waals surface area (Å²) < 4.78 is 6.55. The lowest BCUT2D eigenvalue weighted by atomic mass is 9.99. The van der Waals surface area contributed by atoms with Gasteiger partial charge in [0.25, 0.3) is 0 Å². The Balaban J connectivity index is 1.21. The molecule has 0 aliphatic rings. The average Bonchev–Trinajstić information content (AvgIpc) is 3.61. The van der Waals surface area contributed by atoms with Crippen LogP contribution in [0.25, 0.3) is 66.4 Å². The van der Waals surface area contributed by atoms with Crippen molar-refractivity contribution in [2.24, 2.45) is 0 Å². The number of hydrogen-bond acceptors (Lipinski definition) is 3. The van der Waals surface area contributed by atoms with E-state index in [1.54, 1.807) is 0 Å². The third-order valence-corrected chi connectivity index (χ3v) is 9.53. The smallest absolute Gasteiger partial charge is 0.227 e. The molecule has 1 heterocycles. The Kier molecular flexibility index (Phi) is 7.25. The lowest BCUT2D eigenvalue weighted by Crippen LogP contribution is -2.10. The third-order valence-electron chi connectivity index (χ3n) is 9.53. The summed E-state index contributed by atoms with van der Waals surface area (Å²) in [6.07, 6.45) is 0. The van der Waals surface area contributed by atoms with Crippen molar-refractivity contribution in [3.63, 3.8) is 0 Å². The molecule has 0 saturated heterocycles. The SMILES string of the molecule is Cc1cc(C)cc(-c2ccc(N(c3ccc(-c4ccccc4)cc3)c3ccc4ccc5ccc6nc(-c7ccccc7)oc6c5c4c3)cc2)c1. The topological polar surface area (TPSA) is 29.3 Å². The van der Waals surface area contributed by atoms with Crippen molar-refractivity contribution >= 4 is 49.7 Å². The van der Waals surface area contributed by atoms with Crippen molar-refractivity contribution < 1.29 is 4.42 Å². The van der Waals surface area contributed by atoms with Crippen LogP contribution in [0.15, 0.2) is 174 Å². The molecule has 50 heavy (non-hydrogen) atoms. The minimum atomic E-state index is 0.630. The Morgan fingerprint density at radius 1 is 0.440 bits per heavy atom. The number of aromatic nitrogens is 1. The molecule has 9 aromatic rings. The number of hydrogen-bond donors (Lipinski definition) is 0. The zero-order valence-electron chi connectivity index (χ0n) is 28.0. The first-order valence-corrected chi connectivity index (χ1v) is 17.0. The Morgan fingerprint density at radius 2 is 0.960 bits per heavy atom. The van der Waals surface area contributed by atoms with Crippen LogP contribution in [0.5, 0.6) is 0 Å². The van der Waals surface area contributed by atoms with E-state index in [0.29, 0.717) is 5.89 Å². The summed E-state index contributed by atoms with van der Waals surface area (Å²) in [5, 5.41) is 4.46. The van der Waals surface area contributed by atoms with Crippen LogP contribution in [0.3, 0.4) is 0 Å². The van der Waals surface area contributed by atoms with Gasteiger partial charge in [-0.3, -0.25) is 0 Å². The molecular weight excluding hydrogens is 609 g/mol. The highest BCUT2D eigenvalue weighted by molar-refractivity contribution is 6.18. The van der Waals surface area contributed by atoms with Crippen LogP contribution < -0.4 is 4.90 Å². The summed E-state index contributed by atoms with van der Waals surface area (Å²) in [4.78, 5) is 7.23. The Morgan fingerprint density at radius 3 is 1.62 bits per heavy atom. The average molecular weight is 643 g/mol. The molecule has 0 saturated carbocycles. The predicted molar refractivity (Wildman–Crippen MR) is 209 cm³/mol. The Labute approximate surface area is 291 Å². The fourth-order valence-corrected chi connectivity index (χ4v) is 7.18. The van der Waals surface area contributed by atoms with Gasteiger partial charge in [0.2, 0.25) is 5.89 Å². The van der Waals surface area contributed by atoms with E-state index in [-0.39, 0.29) is 0 Å². The molecule has 9 rings (SSSR count). The van der Waals surface area contributed by atoms with Crippen LogP contribution >= 0.6 is 0 Å². The van der Waals surface area contributed by atoms with Gasteiger partial charge in [-0.05, 0) is 107 Å². The molecule has 0 N–H and O–H groups in total. The number of benzene rings is 8. The molecule has 1 aromatic heterocycles. The normalized spacial score (nSPS) is 11.4. The first-order valence-electron chi connectivity index (χ1n) is 17.0. The van der Waals surface area contributed by atoms with Gasteiger partial charge in [0.1, 0.15) is 5.52 Å². The zero-order valence-corrected chi connectivity index (χ0v) is 28.0. The van der Waals surface area contributed by atoms with Gasteiger partial charge in [0, 0.05) is 28.0 Å². The second-order valence-corrected chi connectivity index (χ2v) is 13.0. The highest BCUT2D eigenvalue weighted by atomic mass is 16.3. The van der Waals surface area contributed by atoms with Crippen molar-refractivity contribution in [1.29, 1.82) is 0 Å². The lowest BCUT2D eigenvalue weighted by Gasteiger charge is -2.26. The molecule has 238 valence electrons. The van der Waals surface area contributed by atoms with E-state index >= 15 is 0 Å². The Hall–Kier alpha value is -6.45. The summed E-state index contributed by atoms with van der Waals surface area (Å²) >= 11 is 0. The van der Waals surface area contributed by atoms with E-state index in [1.165, 1.54) is 33.4 Å². The molecule has 0 radical (unpaired) electrons. The third kappa shape index (κ3) is 5.39. The molecule has 3 nitrogen and oxygen atoms in total. The van der Waals surface area contributed by atoms with Gasteiger partial charge in [0.05, 0.1) is 0 Å². The van der Waals surface area contributed by atoms with Gasteiger partial charge in [-0.1, -0.05) is 126 Å². The minimum Gasteiger partial charge on any atom is -0.435 e. The van der Waals surface area contributed by atoms with Crippen LogP contribution in [0, 0.1) is 13.8 Å². The predicted octanol–water partition coefficient (Wildman–Crippen LogP) is 13.2. The monoisotopic (exact) mass is 642 g/mol. The van der Waals surface area contributed by atoms with Crippen LogP contribution in [-0.4, -0.2) is 4.98 Å².